The maximum absolute atomic E-state index is 11.1. The predicted molar refractivity (Wildman–Crippen MR) is 162 cm³/mol. The van der Waals surface area contributed by atoms with Crippen molar-refractivity contribution in [3.05, 3.63) is 66.8 Å². The molecule has 0 radical (unpaired) electrons. The molecule has 0 amide bonds. The molecule has 0 unspecified atom stereocenters. The van der Waals surface area contributed by atoms with Gasteiger partial charge in [-0.25, -0.2) is 14.4 Å². The van der Waals surface area contributed by atoms with Gasteiger partial charge in [0.1, 0.15) is 6.61 Å². The second kappa shape index (κ2) is 25.7. The molecule has 0 saturated carbocycles. The first-order chi connectivity index (χ1) is 19.2. The fraction of sp³-hybridized carbons (Fsp3) is 0.500. The Morgan fingerprint density at radius 3 is 1.73 bits per heavy atom. The number of likely N-dealkylation sites (N-methyl/N-ethyl adjacent to an activating group) is 1. The molecule has 1 aromatic rings. The molecule has 11 heteroatoms. The van der Waals surface area contributed by atoms with Gasteiger partial charge >= 0.3 is 17.9 Å². The van der Waals surface area contributed by atoms with Gasteiger partial charge in [0.25, 0.3) is 10.1 Å². The van der Waals surface area contributed by atoms with Crippen molar-refractivity contribution >= 4 is 28.0 Å². The smallest absolute Gasteiger partial charge is 0.333 e. The summed E-state index contributed by atoms with van der Waals surface area (Å²) in [7, 11) is -1.04. The van der Waals surface area contributed by atoms with Gasteiger partial charge in [0, 0.05) is 23.8 Å². The van der Waals surface area contributed by atoms with Crippen molar-refractivity contribution < 1.29 is 41.2 Å². The molecule has 0 aliphatic heterocycles. The molecule has 0 saturated heterocycles. The van der Waals surface area contributed by atoms with E-state index < -0.39 is 10.1 Å². The molecule has 41 heavy (non-hydrogen) atoms. The van der Waals surface area contributed by atoms with Gasteiger partial charge in [0.2, 0.25) is 0 Å². The minimum Gasteiger partial charge on any atom is -0.466 e. The number of carbonyl (C=O) groups is 3. The Labute approximate surface area is 247 Å². The first-order valence-corrected chi connectivity index (χ1v) is 14.5. The van der Waals surface area contributed by atoms with Crippen LogP contribution in [0.4, 0.5) is 0 Å². The monoisotopic (exact) mass is 599 g/mol. The Morgan fingerprint density at radius 1 is 0.878 bits per heavy atom. The van der Waals surface area contributed by atoms with Crippen LogP contribution in [0.25, 0.3) is 0 Å². The number of ether oxygens (including phenoxy) is 3. The van der Waals surface area contributed by atoms with Crippen molar-refractivity contribution in [2.75, 3.05) is 47.1 Å². The standard InChI is InChI=1S/C10H19NO2.C8H10O3S.C7H12O2.C5H8O2/c1-5-11(6-2)7-8-13-10(12)9(3)4;1-7-3-5-8(6-4-7)12(9,10)11-2;1-3-5-6-9-7(8)4-2;1-4(2)5(6)7-3/h3,5-8H2,1-2,4H3;3-6H,1-2H3;4H,2-3,5-6H2,1H3;1H2,2-3H3. The summed E-state index contributed by atoms with van der Waals surface area (Å²) in [6.45, 7) is 25.2. The first-order valence-electron chi connectivity index (χ1n) is 13.1. The van der Waals surface area contributed by atoms with Crippen LogP contribution in [0.1, 0.15) is 53.0 Å². The zero-order valence-electron chi connectivity index (χ0n) is 26.0. The number of methoxy groups -OCH3 is 1. The van der Waals surface area contributed by atoms with Crippen LogP contribution in [0.3, 0.4) is 0 Å². The van der Waals surface area contributed by atoms with E-state index in [1.54, 1.807) is 26.0 Å². The van der Waals surface area contributed by atoms with Crippen LogP contribution >= 0.6 is 0 Å². The second-order valence-corrected chi connectivity index (χ2v) is 10.1. The van der Waals surface area contributed by atoms with E-state index in [0.717, 1.165) is 45.1 Å². The Bertz CT molecular complexity index is 1030. The molecule has 234 valence electrons. The van der Waals surface area contributed by atoms with Crippen molar-refractivity contribution in [2.45, 2.75) is 59.3 Å². The number of hydrogen-bond acceptors (Lipinski definition) is 10. The fourth-order valence-corrected chi connectivity index (χ4v) is 2.94. The number of nitrogens with zero attached hydrogens (tertiary/aromatic N) is 1. The van der Waals surface area contributed by atoms with Gasteiger partial charge in [-0.1, -0.05) is 64.6 Å². The van der Waals surface area contributed by atoms with Gasteiger partial charge in [-0.05, 0) is 52.4 Å². The Balaban J connectivity index is -0.000000482. The SMILES string of the molecule is C=C(C)C(=O)OC.C=C(C)C(=O)OCCN(CC)CC.C=CC(=O)OCCCC.COS(=O)(=O)c1ccc(C)cc1. The highest BCUT2D eigenvalue weighted by molar-refractivity contribution is 7.86. The summed E-state index contributed by atoms with van der Waals surface area (Å²) >= 11 is 0. The molecule has 0 heterocycles. The van der Waals surface area contributed by atoms with Crippen LogP contribution in [-0.2, 0) is 42.9 Å². The predicted octanol–water partition coefficient (Wildman–Crippen LogP) is 5.03. The van der Waals surface area contributed by atoms with Gasteiger partial charge < -0.3 is 19.1 Å². The molecule has 0 spiro atoms. The van der Waals surface area contributed by atoms with Crippen LogP contribution in [0.2, 0.25) is 0 Å². The maximum Gasteiger partial charge on any atom is 0.333 e. The summed E-state index contributed by atoms with van der Waals surface area (Å²) in [5.41, 5.74) is 1.91. The molecule has 1 aromatic carbocycles. The zero-order chi connectivity index (χ0) is 32.4. The normalized spacial score (nSPS) is 9.78. The van der Waals surface area contributed by atoms with Crippen LogP contribution in [0.5, 0.6) is 0 Å². The fourth-order valence-electron chi connectivity index (χ4n) is 2.28. The highest BCUT2D eigenvalue weighted by Gasteiger charge is 2.11. The van der Waals surface area contributed by atoms with Gasteiger partial charge in [-0.2, -0.15) is 8.42 Å². The number of benzene rings is 1. The van der Waals surface area contributed by atoms with Crippen LogP contribution in [-0.4, -0.2) is 78.3 Å². The molecule has 0 bridgehead atoms. The topological polar surface area (TPSA) is 126 Å². The van der Waals surface area contributed by atoms with Gasteiger partial charge in [0.05, 0.1) is 25.7 Å². The number of unbranched alkanes of at least 4 members (excludes halogenated alkanes) is 1. The highest BCUT2D eigenvalue weighted by Crippen LogP contribution is 2.11. The summed E-state index contributed by atoms with van der Waals surface area (Å²) in [5, 5.41) is 0. The Morgan fingerprint density at radius 2 is 1.39 bits per heavy atom. The van der Waals surface area contributed by atoms with E-state index >= 15 is 0 Å². The highest BCUT2D eigenvalue weighted by atomic mass is 32.2. The van der Waals surface area contributed by atoms with Crippen molar-refractivity contribution in [2.24, 2.45) is 0 Å². The summed E-state index contributed by atoms with van der Waals surface area (Å²) in [6.07, 6.45) is 3.15. The lowest BCUT2D eigenvalue weighted by Gasteiger charge is -2.17. The molecule has 0 aliphatic carbocycles. The Hall–Kier alpha value is -3.28. The average molecular weight is 600 g/mol. The van der Waals surface area contributed by atoms with E-state index in [2.05, 4.69) is 52.1 Å². The largest absolute Gasteiger partial charge is 0.466 e. The third-order valence-electron chi connectivity index (χ3n) is 4.86. The number of esters is 3. The summed E-state index contributed by atoms with van der Waals surface area (Å²) in [5.74, 6) is -0.976. The van der Waals surface area contributed by atoms with Crippen molar-refractivity contribution in [3.63, 3.8) is 0 Å². The van der Waals surface area contributed by atoms with Crippen LogP contribution in [0, 0.1) is 6.92 Å². The molecule has 0 atom stereocenters. The molecule has 0 N–H and O–H groups in total. The molecular formula is C30H49NO9S. The van der Waals surface area contributed by atoms with E-state index in [-0.39, 0.29) is 22.8 Å². The lowest BCUT2D eigenvalue weighted by Crippen LogP contribution is -2.27. The average Bonchev–Trinajstić information content (AvgIpc) is 2.95. The van der Waals surface area contributed by atoms with Crippen LogP contribution in [0.15, 0.2) is 66.1 Å². The van der Waals surface area contributed by atoms with E-state index in [1.807, 2.05) is 13.8 Å². The van der Waals surface area contributed by atoms with Gasteiger partial charge in [0.15, 0.2) is 0 Å². The summed E-state index contributed by atoms with van der Waals surface area (Å²) < 4.78 is 40.4. The first kappa shape index (κ1) is 42.2. The van der Waals surface area contributed by atoms with E-state index in [4.69, 9.17) is 4.74 Å². The summed E-state index contributed by atoms with van der Waals surface area (Å²) in [4.78, 5) is 33.9. The molecule has 0 aliphatic rings. The van der Waals surface area contributed by atoms with Crippen molar-refractivity contribution in [1.82, 2.24) is 4.90 Å². The van der Waals surface area contributed by atoms with E-state index in [0.29, 0.717) is 24.4 Å². The lowest BCUT2D eigenvalue weighted by molar-refractivity contribution is -0.139. The van der Waals surface area contributed by atoms with Crippen molar-refractivity contribution in [1.29, 1.82) is 0 Å². The molecule has 1 rings (SSSR count). The second-order valence-electron chi connectivity index (χ2n) is 8.37. The zero-order valence-corrected chi connectivity index (χ0v) is 26.8. The van der Waals surface area contributed by atoms with Crippen molar-refractivity contribution in [3.8, 4) is 0 Å². The van der Waals surface area contributed by atoms with Gasteiger partial charge in [-0.15, -0.1) is 0 Å². The maximum atomic E-state index is 11.1. The Kier molecular flexibility index (Phi) is 26.4. The third kappa shape index (κ3) is 24.3. The molecule has 10 nitrogen and oxygen atoms in total. The molecular weight excluding hydrogens is 550 g/mol. The number of rotatable bonds is 13. The summed E-state index contributed by atoms with van der Waals surface area (Å²) in [6, 6.07) is 6.50. The third-order valence-corrected chi connectivity index (χ3v) is 6.14. The number of carbonyl (C=O) groups excluding carboxylic acids is 3. The number of hydrogen-bond donors (Lipinski definition) is 0. The van der Waals surface area contributed by atoms with Gasteiger partial charge in [-0.3, -0.25) is 4.18 Å². The number of aryl methyl sites for hydroxylation is 1. The molecule has 0 fully saturated rings. The lowest BCUT2D eigenvalue weighted by atomic mass is 10.2. The quantitative estimate of drug-likeness (QED) is 0.100. The van der Waals surface area contributed by atoms with Crippen LogP contribution < -0.4 is 0 Å². The minimum atomic E-state index is -3.51. The minimum absolute atomic E-state index is 0.190. The molecule has 0 aromatic heterocycles. The van der Waals surface area contributed by atoms with E-state index in [1.165, 1.54) is 25.3 Å². The van der Waals surface area contributed by atoms with E-state index in [9.17, 15) is 22.8 Å².